The minimum absolute atomic E-state index is 0.0112. The first kappa shape index (κ1) is 19.4. The summed E-state index contributed by atoms with van der Waals surface area (Å²) >= 11 is 0. The highest BCUT2D eigenvalue weighted by Crippen LogP contribution is 2.43. The van der Waals surface area contributed by atoms with Gasteiger partial charge in [-0.15, -0.1) is 0 Å². The Labute approximate surface area is 133 Å². The lowest BCUT2D eigenvalue weighted by atomic mass is 9.69. The molecular formula is C16H36O3Si2. The Morgan fingerprint density at radius 3 is 1.90 bits per heavy atom. The maximum Gasteiger partial charge on any atom is 0.184 e. The topological polar surface area (TPSA) is 38.7 Å². The zero-order chi connectivity index (χ0) is 16.6. The molecular weight excluding hydrogens is 296 g/mol. The van der Waals surface area contributed by atoms with Gasteiger partial charge in [0.25, 0.3) is 0 Å². The minimum atomic E-state index is -1.74. The molecule has 0 spiro atoms. The number of hydrogen-bond donors (Lipinski definition) is 1. The number of rotatable bonds is 5. The monoisotopic (exact) mass is 332 g/mol. The van der Waals surface area contributed by atoms with Crippen LogP contribution >= 0.6 is 0 Å². The smallest absolute Gasteiger partial charge is 0.184 e. The van der Waals surface area contributed by atoms with Crippen LogP contribution in [0, 0.1) is 11.8 Å². The molecule has 0 bridgehead atoms. The Morgan fingerprint density at radius 2 is 1.52 bits per heavy atom. The SMILES string of the molecule is CC[C@H]1CC(C)(O)[C@H](O[Si](C)(C)C)[C@@H](O[Si](C)(C)C)[C@@H]1C. The van der Waals surface area contributed by atoms with E-state index in [1.165, 1.54) is 0 Å². The summed E-state index contributed by atoms with van der Waals surface area (Å²) in [5.74, 6) is 0.936. The maximum absolute atomic E-state index is 11.0. The average molecular weight is 333 g/mol. The molecule has 126 valence electrons. The van der Waals surface area contributed by atoms with Crippen molar-refractivity contribution in [1.82, 2.24) is 0 Å². The molecule has 0 amide bonds. The highest BCUT2D eigenvalue weighted by molar-refractivity contribution is 6.70. The zero-order valence-corrected chi connectivity index (χ0v) is 17.5. The van der Waals surface area contributed by atoms with Crippen LogP contribution in [-0.4, -0.2) is 39.6 Å². The quantitative estimate of drug-likeness (QED) is 0.765. The van der Waals surface area contributed by atoms with Crippen molar-refractivity contribution < 1.29 is 14.0 Å². The van der Waals surface area contributed by atoms with Crippen LogP contribution in [0.3, 0.4) is 0 Å². The van der Waals surface area contributed by atoms with E-state index in [1.807, 2.05) is 6.92 Å². The van der Waals surface area contributed by atoms with Gasteiger partial charge in [-0.25, -0.2) is 0 Å². The van der Waals surface area contributed by atoms with Gasteiger partial charge < -0.3 is 14.0 Å². The van der Waals surface area contributed by atoms with E-state index >= 15 is 0 Å². The van der Waals surface area contributed by atoms with Crippen LogP contribution in [0.1, 0.15) is 33.6 Å². The molecule has 0 aliphatic heterocycles. The van der Waals surface area contributed by atoms with E-state index in [1.54, 1.807) is 0 Å². The summed E-state index contributed by atoms with van der Waals surface area (Å²) in [6.45, 7) is 19.6. The molecule has 0 heterocycles. The molecule has 1 aliphatic rings. The molecule has 1 N–H and O–H groups in total. The van der Waals surface area contributed by atoms with Crippen molar-refractivity contribution in [2.24, 2.45) is 11.8 Å². The van der Waals surface area contributed by atoms with Gasteiger partial charge in [0.15, 0.2) is 16.6 Å². The van der Waals surface area contributed by atoms with E-state index in [-0.39, 0.29) is 12.2 Å². The Morgan fingerprint density at radius 1 is 1.05 bits per heavy atom. The summed E-state index contributed by atoms with van der Waals surface area (Å²) in [5, 5.41) is 11.0. The van der Waals surface area contributed by atoms with Crippen molar-refractivity contribution in [3.63, 3.8) is 0 Å². The van der Waals surface area contributed by atoms with E-state index < -0.39 is 22.2 Å². The molecule has 0 aromatic rings. The van der Waals surface area contributed by atoms with E-state index in [9.17, 15) is 5.11 Å². The molecule has 1 fully saturated rings. The van der Waals surface area contributed by atoms with Crippen molar-refractivity contribution in [3.8, 4) is 0 Å². The lowest BCUT2D eigenvalue weighted by molar-refractivity contribution is -0.162. The molecule has 3 nitrogen and oxygen atoms in total. The molecule has 1 saturated carbocycles. The van der Waals surface area contributed by atoms with Gasteiger partial charge in [-0.3, -0.25) is 0 Å². The van der Waals surface area contributed by atoms with Crippen molar-refractivity contribution in [2.75, 3.05) is 0 Å². The Hall–Kier alpha value is 0.314. The predicted molar refractivity (Wildman–Crippen MR) is 94.6 cm³/mol. The van der Waals surface area contributed by atoms with Gasteiger partial charge in [-0.1, -0.05) is 20.3 Å². The maximum atomic E-state index is 11.0. The first-order valence-electron chi connectivity index (χ1n) is 8.35. The van der Waals surface area contributed by atoms with Gasteiger partial charge >= 0.3 is 0 Å². The molecule has 1 unspecified atom stereocenters. The van der Waals surface area contributed by atoms with Gasteiger partial charge in [-0.2, -0.15) is 0 Å². The standard InChI is InChI=1S/C16H36O3Si2/c1-10-13-11-16(3,17)15(19-21(7,8)9)14(12(13)2)18-20(4,5)6/h12-15,17H,10-11H2,1-9H3/t12-,13+,14+,15-,16?/m1/s1. The predicted octanol–water partition coefficient (Wildman–Crippen LogP) is 4.24. The van der Waals surface area contributed by atoms with Crippen molar-refractivity contribution in [1.29, 1.82) is 0 Å². The molecule has 1 aliphatic carbocycles. The molecule has 1 rings (SSSR count). The fourth-order valence-electron chi connectivity index (χ4n) is 3.40. The summed E-state index contributed by atoms with van der Waals surface area (Å²) in [5.41, 5.74) is -0.794. The van der Waals surface area contributed by atoms with Crippen molar-refractivity contribution in [3.05, 3.63) is 0 Å². The molecule has 0 radical (unpaired) electrons. The second-order valence-corrected chi connectivity index (χ2v) is 17.9. The molecule has 5 atom stereocenters. The second kappa shape index (κ2) is 6.44. The lowest BCUT2D eigenvalue weighted by Crippen LogP contribution is -2.62. The summed E-state index contributed by atoms with van der Waals surface area (Å²) in [4.78, 5) is 0. The fraction of sp³-hybridized carbons (Fsp3) is 1.00. The first-order valence-corrected chi connectivity index (χ1v) is 15.2. The van der Waals surface area contributed by atoms with E-state index in [2.05, 4.69) is 53.1 Å². The van der Waals surface area contributed by atoms with Crippen LogP contribution in [0.15, 0.2) is 0 Å². The lowest BCUT2D eigenvalue weighted by Gasteiger charge is -2.52. The van der Waals surface area contributed by atoms with Crippen LogP contribution < -0.4 is 0 Å². The average Bonchev–Trinajstić information content (AvgIpc) is 2.25. The summed E-state index contributed by atoms with van der Waals surface area (Å²) in [6, 6.07) is 0. The van der Waals surface area contributed by atoms with Gasteiger partial charge in [-0.05, 0) is 64.5 Å². The third-order valence-electron chi connectivity index (χ3n) is 4.34. The molecule has 0 aromatic heterocycles. The second-order valence-electron chi connectivity index (χ2n) is 8.93. The highest BCUT2D eigenvalue weighted by atomic mass is 28.4. The number of aliphatic hydroxyl groups is 1. The van der Waals surface area contributed by atoms with Crippen molar-refractivity contribution >= 4 is 16.6 Å². The third-order valence-corrected chi connectivity index (χ3v) is 6.28. The van der Waals surface area contributed by atoms with Crippen molar-refractivity contribution in [2.45, 2.75) is 90.7 Å². The molecule has 0 saturated heterocycles. The summed E-state index contributed by atoms with van der Waals surface area (Å²) < 4.78 is 12.9. The Balaban J connectivity index is 3.11. The molecule has 5 heteroatoms. The highest BCUT2D eigenvalue weighted by Gasteiger charge is 2.51. The largest absolute Gasteiger partial charge is 0.412 e. The van der Waals surface area contributed by atoms with E-state index in [0.717, 1.165) is 12.8 Å². The van der Waals surface area contributed by atoms with Gasteiger partial charge in [0.2, 0.25) is 0 Å². The van der Waals surface area contributed by atoms with Gasteiger partial charge in [0.1, 0.15) is 0 Å². The van der Waals surface area contributed by atoms with Crippen LogP contribution in [0.2, 0.25) is 39.3 Å². The third kappa shape index (κ3) is 5.46. The van der Waals surface area contributed by atoms with E-state index in [0.29, 0.717) is 11.8 Å². The van der Waals surface area contributed by atoms with Crippen LogP contribution in [0.4, 0.5) is 0 Å². The van der Waals surface area contributed by atoms with Crippen LogP contribution in [0.25, 0.3) is 0 Å². The normalized spacial score (nSPS) is 38.6. The molecule has 0 aromatic carbocycles. The van der Waals surface area contributed by atoms with Gasteiger partial charge in [0.05, 0.1) is 17.8 Å². The Bertz CT molecular complexity index is 344. The number of hydrogen-bond acceptors (Lipinski definition) is 3. The van der Waals surface area contributed by atoms with Crippen LogP contribution in [0.5, 0.6) is 0 Å². The molecule has 21 heavy (non-hydrogen) atoms. The zero-order valence-electron chi connectivity index (χ0n) is 15.5. The summed E-state index contributed by atoms with van der Waals surface area (Å²) in [7, 11) is -3.42. The first-order chi connectivity index (χ1) is 9.27. The Kier molecular flexibility index (Phi) is 5.93. The van der Waals surface area contributed by atoms with Crippen LogP contribution in [-0.2, 0) is 8.85 Å². The fourth-order valence-corrected chi connectivity index (χ4v) is 5.70. The van der Waals surface area contributed by atoms with E-state index in [4.69, 9.17) is 8.85 Å². The minimum Gasteiger partial charge on any atom is -0.412 e. The summed E-state index contributed by atoms with van der Waals surface area (Å²) in [6.07, 6.45) is 1.71. The van der Waals surface area contributed by atoms with Gasteiger partial charge in [0, 0.05) is 0 Å².